The van der Waals surface area contributed by atoms with E-state index >= 15 is 0 Å². The first-order valence-electron chi connectivity index (χ1n) is 9.68. The van der Waals surface area contributed by atoms with Gasteiger partial charge in [-0.3, -0.25) is 9.78 Å². The lowest BCUT2D eigenvalue weighted by Gasteiger charge is -2.34. The van der Waals surface area contributed by atoms with Gasteiger partial charge in [0.05, 0.1) is 12.6 Å². The summed E-state index contributed by atoms with van der Waals surface area (Å²) in [6.07, 6.45) is 7.19. The smallest absolute Gasteiger partial charge is 0.244 e. The number of rotatable bonds is 7. The molecule has 29 heavy (non-hydrogen) atoms. The molecule has 0 bridgehead atoms. The van der Waals surface area contributed by atoms with Gasteiger partial charge in [-0.05, 0) is 48.6 Å². The molecule has 1 aromatic carbocycles. The van der Waals surface area contributed by atoms with E-state index in [9.17, 15) is 13.2 Å². The first-order chi connectivity index (χ1) is 13.8. The number of hydrogen-bond donors (Lipinski definition) is 0. The molecule has 6 nitrogen and oxygen atoms in total. The molecule has 0 aliphatic heterocycles. The van der Waals surface area contributed by atoms with E-state index in [0.29, 0.717) is 10.9 Å². The highest BCUT2D eigenvalue weighted by atomic mass is 35.5. The van der Waals surface area contributed by atoms with Crippen molar-refractivity contribution in [3.05, 3.63) is 59.4 Å². The van der Waals surface area contributed by atoms with Crippen LogP contribution in [0.5, 0.6) is 0 Å². The summed E-state index contributed by atoms with van der Waals surface area (Å²) in [4.78, 5) is 18.7. The lowest BCUT2D eigenvalue weighted by Crippen LogP contribution is -2.42. The van der Waals surface area contributed by atoms with Gasteiger partial charge < -0.3 is 4.90 Å². The minimum absolute atomic E-state index is 0.0722. The molecule has 1 fully saturated rings. The third kappa shape index (κ3) is 4.97. The summed E-state index contributed by atoms with van der Waals surface area (Å²) < 4.78 is 26.5. The van der Waals surface area contributed by atoms with Crippen molar-refractivity contribution < 1.29 is 13.2 Å². The number of carbonyl (C=O) groups excluding carboxylic acids is 1. The fraction of sp³-hybridized carbons (Fsp3) is 0.429. The summed E-state index contributed by atoms with van der Waals surface area (Å²) in [5, 5.41) is 0.648. The van der Waals surface area contributed by atoms with Crippen LogP contribution in [0.1, 0.15) is 37.3 Å². The number of sulfonamides is 1. The molecular formula is C21H26ClN3O3S. The molecule has 1 amide bonds. The first-order valence-corrected chi connectivity index (χ1v) is 11.5. The van der Waals surface area contributed by atoms with E-state index in [1.54, 1.807) is 18.0 Å². The van der Waals surface area contributed by atoms with Crippen LogP contribution in [-0.2, 0) is 14.8 Å². The van der Waals surface area contributed by atoms with Crippen molar-refractivity contribution in [2.45, 2.75) is 36.6 Å². The third-order valence-corrected chi connectivity index (χ3v) is 7.61. The average molecular weight is 436 g/mol. The van der Waals surface area contributed by atoms with Gasteiger partial charge in [-0.2, -0.15) is 4.31 Å². The van der Waals surface area contributed by atoms with Crippen LogP contribution in [0.4, 0.5) is 0 Å². The zero-order valence-corrected chi connectivity index (χ0v) is 18.2. The zero-order chi connectivity index (χ0) is 21.0. The highest BCUT2D eigenvalue weighted by Gasteiger charge is 2.33. The predicted molar refractivity (Wildman–Crippen MR) is 113 cm³/mol. The molecule has 8 heteroatoms. The average Bonchev–Trinajstić information content (AvgIpc) is 3.24. The maximum absolute atomic E-state index is 13.0. The van der Waals surface area contributed by atoms with Gasteiger partial charge in [0.2, 0.25) is 15.9 Å². The number of aromatic nitrogens is 1. The summed E-state index contributed by atoms with van der Waals surface area (Å²) in [7, 11) is -0.605. The highest BCUT2D eigenvalue weighted by Crippen LogP contribution is 2.39. The summed E-state index contributed by atoms with van der Waals surface area (Å²) >= 11 is 6.04. The fourth-order valence-corrected chi connectivity index (χ4v) is 5.18. The van der Waals surface area contributed by atoms with E-state index in [0.717, 1.165) is 35.6 Å². The number of pyridine rings is 1. The van der Waals surface area contributed by atoms with Crippen LogP contribution in [-0.4, -0.2) is 49.2 Å². The van der Waals surface area contributed by atoms with Crippen LogP contribution in [0, 0.1) is 5.92 Å². The molecule has 0 spiro atoms. The number of likely N-dealkylation sites (N-methyl/N-ethyl adjacent to an activating group) is 2. The van der Waals surface area contributed by atoms with Crippen molar-refractivity contribution in [3.63, 3.8) is 0 Å². The van der Waals surface area contributed by atoms with E-state index in [-0.39, 0.29) is 23.4 Å². The maximum atomic E-state index is 13.0. The molecule has 1 aliphatic rings. The quantitative estimate of drug-likeness (QED) is 0.664. The van der Waals surface area contributed by atoms with Crippen LogP contribution in [0.15, 0.2) is 53.7 Å². The topological polar surface area (TPSA) is 70.6 Å². The van der Waals surface area contributed by atoms with Gasteiger partial charge in [-0.15, -0.1) is 0 Å². The highest BCUT2D eigenvalue weighted by molar-refractivity contribution is 7.89. The van der Waals surface area contributed by atoms with Crippen LogP contribution in [0.3, 0.4) is 0 Å². The second kappa shape index (κ2) is 9.24. The largest absolute Gasteiger partial charge is 0.337 e. The molecular weight excluding hydrogens is 410 g/mol. The Morgan fingerprint density at radius 1 is 1.17 bits per heavy atom. The summed E-state index contributed by atoms with van der Waals surface area (Å²) in [5.41, 5.74) is 1.02. The van der Waals surface area contributed by atoms with E-state index in [4.69, 9.17) is 11.6 Å². The van der Waals surface area contributed by atoms with Gasteiger partial charge >= 0.3 is 0 Å². The van der Waals surface area contributed by atoms with Crippen molar-refractivity contribution in [2.75, 3.05) is 20.6 Å². The Hall–Kier alpha value is -1.96. The lowest BCUT2D eigenvalue weighted by molar-refractivity contribution is -0.133. The molecule has 0 saturated heterocycles. The molecule has 1 atom stereocenters. The Labute approximate surface area is 177 Å². The molecule has 1 aliphatic carbocycles. The Bertz CT molecular complexity index is 929. The lowest BCUT2D eigenvalue weighted by atomic mass is 9.90. The van der Waals surface area contributed by atoms with Gasteiger partial charge in [0.25, 0.3) is 0 Å². The number of benzene rings is 1. The SMILES string of the molecule is CN(C(=O)CN(C)S(=O)(=O)c1cccnc1)C(c1ccc(Cl)cc1)C1CCCC1. The predicted octanol–water partition coefficient (Wildman–Crippen LogP) is 3.75. The van der Waals surface area contributed by atoms with Crippen LogP contribution < -0.4 is 0 Å². The van der Waals surface area contributed by atoms with Crippen molar-refractivity contribution in [1.82, 2.24) is 14.2 Å². The summed E-state index contributed by atoms with van der Waals surface area (Å²) in [6.45, 7) is -0.232. The number of amides is 1. The number of carbonyl (C=O) groups is 1. The normalized spacial score (nSPS) is 16.1. The van der Waals surface area contributed by atoms with Crippen molar-refractivity contribution in [1.29, 1.82) is 0 Å². The van der Waals surface area contributed by atoms with Gasteiger partial charge in [0, 0.05) is 31.5 Å². The molecule has 1 unspecified atom stereocenters. The van der Waals surface area contributed by atoms with Gasteiger partial charge in [-0.25, -0.2) is 8.42 Å². The zero-order valence-electron chi connectivity index (χ0n) is 16.7. The molecule has 2 aromatic rings. The Balaban J connectivity index is 1.79. The number of hydrogen-bond acceptors (Lipinski definition) is 4. The van der Waals surface area contributed by atoms with E-state index < -0.39 is 10.0 Å². The molecule has 1 heterocycles. The monoisotopic (exact) mass is 435 g/mol. The van der Waals surface area contributed by atoms with E-state index in [1.165, 1.54) is 25.5 Å². The number of halogens is 1. The summed E-state index contributed by atoms with van der Waals surface area (Å²) in [5.74, 6) is 0.108. The number of nitrogens with zero attached hydrogens (tertiary/aromatic N) is 3. The van der Waals surface area contributed by atoms with Gasteiger partial charge in [0.15, 0.2) is 0 Å². The Morgan fingerprint density at radius 2 is 1.83 bits per heavy atom. The van der Waals surface area contributed by atoms with Crippen LogP contribution in [0.2, 0.25) is 5.02 Å². The van der Waals surface area contributed by atoms with Gasteiger partial charge in [-0.1, -0.05) is 36.6 Å². The van der Waals surface area contributed by atoms with Gasteiger partial charge in [0.1, 0.15) is 4.90 Å². The molecule has 0 N–H and O–H groups in total. The minimum atomic E-state index is -3.78. The Morgan fingerprint density at radius 3 is 2.41 bits per heavy atom. The van der Waals surface area contributed by atoms with E-state index in [1.807, 2.05) is 24.3 Å². The molecule has 0 radical (unpaired) electrons. The second-order valence-electron chi connectivity index (χ2n) is 7.50. The van der Waals surface area contributed by atoms with Crippen LogP contribution >= 0.6 is 11.6 Å². The standard InChI is InChI=1S/C21H26ClN3O3S/c1-24(29(27,28)19-8-5-13-23-14-19)15-20(26)25(2)21(16-6-3-4-7-16)17-9-11-18(22)12-10-17/h5,8-14,16,21H,3-4,6-7,15H2,1-2H3. The first kappa shape index (κ1) is 21.7. The fourth-order valence-electron chi connectivity index (χ4n) is 3.97. The second-order valence-corrected chi connectivity index (χ2v) is 9.98. The molecule has 1 aromatic heterocycles. The maximum Gasteiger partial charge on any atom is 0.244 e. The molecule has 1 saturated carbocycles. The Kier molecular flexibility index (Phi) is 6.93. The van der Waals surface area contributed by atoms with Crippen molar-refractivity contribution in [3.8, 4) is 0 Å². The molecule has 156 valence electrons. The third-order valence-electron chi connectivity index (χ3n) is 5.57. The minimum Gasteiger partial charge on any atom is -0.337 e. The van der Waals surface area contributed by atoms with Crippen molar-refractivity contribution in [2.24, 2.45) is 5.92 Å². The van der Waals surface area contributed by atoms with Crippen molar-refractivity contribution >= 4 is 27.5 Å². The molecule has 3 rings (SSSR count). The summed E-state index contributed by atoms with van der Waals surface area (Å²) in [6, 6.07) is 10.5. The van der Waals surface area contributed by atoms with Crippen LogP contribution in [0.25, 0.3) is 0 Å². The van der Waals surface area contributed by atoms with E-state index in [2.05, 4.69) is 4.98 Å².